The van der Waals surface area contributed by atoms with Gasteiger partial charge in [0.1, 0.15) is 5.82 Å². The van der Waals surface area contributed by atoms with Crippen LogP contribution in [0.4, 0.5) is 10.1 Å². The number of halogens is 1. The molecule has 0 aromatic heterocycles. The summed E-state index contributed by atoms with van der Waals surface area (Å²) in [5.41, 5.74) is 2.48. The lowest BCUT2D eigenvalue weighted by atomic mass is 10.0. The molecule has 1 heterocycles. The summed E-state index contributed by atoms with van der Waals surface area (Å²) in [5.74, 6) is -0.172. The fraction of sp³-hybridized carbons (Fsp3) is 0.562. The van der Waals surface area contributed by atoms with E-state index in [1.807, 2.05) is 19.9 Å². The average Bonchev–Trinajstić information content (AvgIpc) is 2.66. The smallest absolute Gasteiger partial charge is 0.239 e. The number of hydrogen-bond donors (Lipinski definition) is 2. The summed E-state index contributed by atoms with van der Waals surface area (Å²) < 4.78 is 14.0. The minimum atomic E-state index is -0.197. The molecule has 1 aromatic carbocycles. The highest BCUT2D eigenvalue weighted by Crippen LogP contribution is 2.30. The van der Waals surface area contributed by atoms with E-state index in [0.717, 1.165) is 30.8 Å². The maximum atomic E-state index is 14.0. The molecule has 21 heavy (non-hydrogen) atoms. The summed E-state index contributed by atoms with van der Waals surface area (Å²) in [6, 6.07) is 3.50. The van der Waals surface area contributed by atoms with Gasteiger partial charge >= 0.3 is 0 Å². The Hall–Kier alpha value is -1.62. The number of hydrogen-bond acceptors (Lipinski definition) is 3. The Morgan fingerprint density at radius 2 is 2.24 bits per heavy atom. The minimum Gasteiger partial charge on any atom is -0.362 e. The summed E-state index contributed by atoms with van der Waals surface area (Å²) in [6.45, 7) is 8.46. The second kappa shape index (κ2) is 6.89. The number of nitrogens with zero attached hydrogens (tertiary/aromatic N) is 1. The van der Waals surface area contributed by atoms with Gasteiger partial charge in [-0.05, 0) is 50.1 Å². The van der Waals surface area contributed by atoms with Gasteiger partial charge < -0.3 is 15.5 Å². The Labute approximate surface area is 125 Å². The van der Waals surface area contributed by atoms with Gasteiger partial charge in [0.2, 0.25) is 5.91 Å². The predicted octanol–water partition coefficient (Wildman–Crippen LogP) is 2.13. The van der Waals surface area contributed by atoms with Crippen molar-refractivity contribution in [2.75, 3.05) is 31.1 Å². The van der Waals surface area contributed by atoms with Crippen molar-refractivity contribution >= 4 is 11.6 Å². The molecule has 1 aliphatic rings. The van der Waals surface area contributed by atoms with Gasteiger partial charge in [-0.15, -0.1) is 0 Å². The maximum Gasteiger partial charge on any atom is 0.239 e. The zero-order valence-electron chi connectivity index (χ0n) is 13.0. The summed E-state index contributed by atoms with van der Waals surface area (Å²) in [5, 5.41) is 6.19. The fourth-order valence-electron chi connectivity index (χ4n) is 2.73. The summed E-state index contributed by atoms with van der Waals surface area (Å²) in [6.07, 6.45) is 0.900. The van der Waals surface area contributed by atoms with E-state index in [-0.39, 0.29) is 17.8 Å². The molecular weight excluding hydrogens is 269 g/mol. The van der Waals surface area contributed by atoms with E-state index < -0.39 is 0 Å². The van der Waals surface area contributed by atoms with Crippen LogP contribution in [-0.4, -0.2) is 32.1 Å². The van der Waals surface area contributed by atoms with E-state index in [1.165, 1.54) is 0 Å². The molecular formula is C16H24FN3O. The number of carbonyl (C=O) groups is 1. The van der Waals surface area contributed by atoms with Crippen LogP contribution in [0.2, 0.25) is 0 Å². The Kier molecular flexibility index (Phi) is 5.17. The normalized spacial score (nSPS) is 17.3. The number of rotatable bonds is 4. The molecule has 1 atom stereocenters. The molecule has 1 unspecified atom stereocenters. The molecule has 4 nitrogen and oxygen atoms in total. The van der Waals surface area contributed by atoms with Gasteiger partial charge in [0.05, 0.1) is 6.54 Å². The number of carbonyl (C=O) groups excluding carboxylic acids is 1. The van der Waals surface area contributed by atoms with Gasteiger partial charge in [-0.2, -0.15) is 0 Å². The van der Waals surface area contributed by atoms with Crippen LogP contribution in [-0.2, 0) is 4.79 Å². The second-order valence-electron chi connectivity index (χ2n) is 5.56. The quantitative estimate of drug-likeness (QED) is 0.894. The van der Waals surface area contributed by atoms with Crippen LogP contribution in [0.1, 0.15) is 37.4 Å². The van der Waals surface area contributed by atoms with Crippen LogP contribution >= 0.6 is 0 Å². The van der Waals surface area contributed by atoms with Crippen molar-refractivity contribution in [1.82, 2.24) is 10.6 Å². The molecule has 0 saturated carbocycles. The topological polar surface area (TPSA) is 44.4 Å². The molecule has 2 rings (SSSR count). The number of amides is 1. The molecule has 1 saturated heterocycles. The van der Waals surface area contributed by atoms with Gasteiger partial charge in [0.25, 0.3) is 0 Å². The standard InChI is InChI=1S/C16H24FN3O/c1-4-18-12(3)13-9-14(17)11(2)8-15(13)20-7-5-6-19-16(21)10-20/h8-9,12,18H,4-7,10H2,1-3H3,(H,19,21). The molecule has 1 amide bonds. The number of aryl methyl sites for hydroxylation is 1. The highest BCUT2D eigenvalue weighted by atomic mass is 19.1. The van der Waals surface area contributed by atoms with Crippen LogP contribution < -0.4 is 15.5 Å². The molecule has 1 aliphatic heterocycles. The molecule has 0 spiro atoms. The first kappa shape index (κ1) is 15.8. The van der Waals surface area contributed by atoms with Crippen molar-refractivity contribution in [3.05, 3.63) is 29.1 Å². The summed E-state index contributed by atoms with van der Waals surface area (Å²) in [7, 11) is 0. The maximum absolute atomic E-state index is 14.0. The third kappa shape index (κ3) is 3.73. The second-order valence-corrected chi connectivity index (χ2v) is 5.56. The SMILES string of the molecule is CCNC(C)c1cc(F)c(C)cc1N1CCCNC(=O)C1. The molecule has 116 valence electrons. The van der Waals surface area contributed by atoms with Crippen LogP contribution in [0.3, 0.4) is 0 Å². The zero-order chi connectivity index (χ0) is 15.4. The van der Waals surface area contributed by atoms with Gasteiger partial charge in [-0.25, -0.2) is 4.39 Å². The number of anilines is 1. The van der Waals surface area contributed by atoms with E-state index in [2.05, 4.69) is 15.5 Å². The molecule has 0 bridgehead atoms. The summed E-state index contributed by atoms with van der Waals surface area (Å²) in [4.78, 5) is 13.8. The van der Waals surface area contributed by atoms with E-state index >= 15 is 0 Å². The lowest BCUT2D eigenvalue weighted by molar-refractivity contribution is -0.119. The Bertz CT molecular complexity index is 518. The van der Waals surface area contributed by atoms with Crippen LogP contribution in [0, 0.1) is 12.7 Å². The van der Waals surface area contributed by atoms with Crippen molar-refractivity contribution in [2.24, 2.45) is 0 Å². The van der Waals surface area contributed by atoms with E-state index in [4.69, 9.17) is 0 Å². The van der Waals surface area contributed by atoms with Gasteiger partial charge in [-0.3, -0.25) is 4.79 Å². The first-order chi connectivity index (χ1) is 10.0. The molecule has 1 aromatic rings. The van der Waals surface area contributed by atoms with E-state index in [9.17, 15) is 9.18 Å². The third-order valence-electron chi connectivity index (χ3n) is 3.89. The van der Waals surface area contributed by atoms with Crippen LogP contribution in [0.25, 0.3) is 0 Å². The zero-order valence-corrected chi connectivity index (χ0v) is 13.0. The fourth-order valence-corrected chi connectivity index (χ4v) is 2.73. The van der Waals surface area contributed by atoms with Crippen LogP contribution in [0.15, 0.2) is 12.1 Å². The van der Waals surface area contributed by atoms with Gasteiger partial charge in [0.15, 0.2) is 0 Å². The average molecular weight is 293 g/mol. The van der Waals surface area contributed by atoms with Crippen molar-refractivity contribution in [3.8, 4) is 0 Å². The predicted molar refractivity (Wildman–Crippen MR) is 83.1 cm³/mol. The van der Waals surface area contributed by atoms with E-state index in [0.29, 0.717) is 18.7 Å². The van der Waals surface area contributed by atoms with Crippen molar-refractivity contribution in [1.29, 1.82) is 0 Å². The number of nitrogens with one attached hydrogen (secondary N) is 2. The van der Waals surface area contributed by atoms with Crippen molar-refractivity contribution in [3.63, 3.8) is 0 Å². The lowest BCUT2D eigenvalue weighted by Crippen LogP contribution is -2.34. The molecule has 1 fully saturated rings. The first-order valence-corrected chi connectivity index (χ1v) is 7.58. The first-order valence-electron chi connectivity index (χ1n) is 7.58. The summed E-state index contributed by atoms with van der Waals surface area (Å²) >= 11 is 0. The van der Waals surface area contributed by atoms with E-state index in [1.54, 1.807) is 13.0 Å². The monoisotopic (exact) mass is 293 g/mol. The minimum absolute atomic E-state index is 0.0246. The highest BCUT2D eigenvalue weighted by molar-refractivity contribution is 5.82. The Balaban J connectivity index is 2.39. The lowest BCUT2D eigenvalue weighted by Gasteiger charge is -2.27. The molecule has 2 N–H and O–H groups in total. The highest BCUT2D eigenvalue weighted by Gasteiger charge is 2.21. The third-order valence-corrected chi connectivity index (χ3v) is 3.89. The molecule has 0 radical (unpaired) electrons. The molecule has 0 aliphatic carbocycles. The largest absolute Gasteiger partial charge is 0.362 e. The van der Waals surface area contributed by atoms with Crippen LogP contribution in [0.5, 0.6) is 0 Å². The Morgan fingerprint density at radius 3 is 2.95 bits per heavy atom. The van der Waals surface area contributed by atoms with Gasteiger partial charge in [-0.1, -0.05) is 6.92 Å². The van der Waals surface area contributed by atoms with Crippen molar-refractivity contribution < 1.29 is 9.18 Å². The molecule has 5 heteroatoms. The van der Waals surface area contributed by atoms with Gasteiger partial charge in [0, 0.05) is 24.8 Å². The van der Waals surface area contributed by atoms with Crippen molar-refractivity contribution in [2.45, 2.75) is 33.2 Å². The number of benzene rings is 1. The Morgan fingerprint density at radius 1 is 1.48 bits per heavy atom.